The van der Waals surface area contributed by atoms with Gasteiger partial charge < -0.3 is 15.6 Å². The zero-order valence-corrected chi connectivity index (χ0v) is 17.0. The van der Waals surface area contributed by atoms with Crippen LogP contribution in [0.1, 0.15) is 38.6 Å². The van der Waals surface area contributed by atoms with Crippen LogP contribution in [-0.2, 0) is 22.6 Å². The Kier molecular flexibility index (Phi) is 7.58. The first kappa shape index (κ1) is 21.4. The van der Waals surface area contributed by atoms with Crippen molar-refractivity contribution in [1.29, 1.82) is 5.26 Å². The minimum absolute atomic E-state index is 0.196. The quantitative estimate of drug-likeness (QED) is 0.622. The van der Waals surface area contributed by atoms with Gasteiger partial charge >= 0.3 is 0 Å². The molecular weight excluding hydrogens is 376 g/mol. The second-order valence-corrected chi connectivity index (χ2v) is 8.08. The first-order valence-corrected chi connectivity index (χ1v) is 9.86. The number of amides is 2. The summed E-state index contributed by atoms with van der Waals surface area (Å²) in [5, 5.41) is 20.5. The molecule has 0 aliphatic heterocycles. The third-order valence-electron chi connectivity index (χ3n) is 3.89. The van der Waals surface area contributed by atoms with Gasteiger partial charge in [-0.1, -0.05) is 37.7 Å². The van der Waals surface area contributed by atoms with Crippen molar-refractivity contribution in [1.82, 2.24) is 14.8 Å². The first-order chi connectivity index (χ1) is 13.3. The highest BCUT2D eigenvalue weighted by atomic mass is 32.2. The summed E-state index contributed by atoms with van der Waals surface area (Å²) in [6, 6.07) is 8.91. The molecule has 1 aromatic heterocycles. The lowest BCUT2D eigenvalue weighted by Crippen LogP contribution is -2.23. The molecule has 148 valence electrons. The fraction of sp³-hybridized carbons (Fsp3) is 0.421. The van der Waals surface area contributed by atoms with Gasteiger partial charge in [0, 0.05) is 19.4 Å². The highest BCUT2D eigenvalue weighted by molar-refractivity contribution is 8.00. The molecule has 0 unspecified atom stereocenters. The van der Waals surface area contributed by atoms with Gasteiger partial charge in [0.1, 0.15) is 11.9 Å². The lowest BCUT2D eigenvalue weighted by molar-refractivity contribution is -0.118. The zero-order valence-electron chi connectivity index (χ0n) is 16.2. The Balaban J connectivity index is 2.13. The van der Waals surface area contributed by atoms with E-state index in [9.17, 15) is 9.59 Å². The molecule has 1 heterocycles. The number of nitrogens with one attached hydrogen (secondary N) is 1. The molecule has 1 aromatic carbocycles. The van der Waals surface area contributed by atoms with Crippen molar-refractivity contribution < 1.29 is 9.59 Å². The van der Waals surface area contributed by atoms with E-state index in [-0.39, 0.29) is 12.3 Å². The molecule has 28 heavy (non-hydrogen) atoms. The van der Waals surface area contributed by atoms with Crippen molar-refractivity contribution >= 4 is 29.3 Å². The zero-order chi connectivity index (χ0) is 20.7. The highest BCUT2D eigenvalue weighted by Crippen LogP contribution is 2.25. The second-order valence-electron chi connectivity index (χ2n) is 6.78. The van der Waals surface area contributed by atoms with Crippen LogP contribution in [0.5, 0.6) is 0 Å². The molecule has 9 heteroatoms. The molecule has 0 aliphatic rings. The number of nitrogens with two attached hydrogens (primary N) is 1. The number of benzene rings is 1. The summed E-state index contributed by atoms with van der Waals surface area (Å²) in [6.07, 6.45) is 0.605. The maximum absolute atomic E-state index is 12.6. The van der Waals surface area contributed by atoms with Gasteiger partial charge in [-0.2, -0.15) is 5.26 Å². The molecule has 0 saturated carbocycles. The molecule has 2 amide bonds. The van der Waals surface area contributed by atoms with Crippen molar-refractivity contribution in [3.8, 4) is 6.07 Å². The van der Waals surface area contributed by atoms with Crippen LogP contribution in [0.2, 0.25) is 0 Å². The van der Waals surface area contributed by atoms with Crippen molar-refractivity contribution in [2.45, 2.75) is 50.6 Å². The predicted molar refractivity (Wildman–Crippen MR) is 107 cm³/mol. The number of rotatable bonds is 9. The number of aryl methyl sites for hydroxylation is 1. The minimum atomic E-state index is -0.453. The van der Waals surface area contributed by atoms with Crippen LogP contribution in [0.4, 0.5) is 5.69 Å². The van der Waals surface area contributed by atoms with Crippen molar-refractivity contribution in [3.05, 3.63) is 35.7 Å². The number of nitriles is 1. The standard InChI is InChI=1S/C19H24N6O2S/c1-12(2)11-25-17(9-8-16(21)26)23-24-19(25)28-13(3)18(27)22-15-7-5-4-6-14(15)10-20/h4-7,12-13H,8-9,11H2,1-3H3,(H2,21,26)(H,22,27)/t13-/m1/s1. The molecular formula is C19H24N6O2S. The van der Waals surface area contributed by atoms with E-state index >= 15 is 0 Å². The van der Waals surface area contributed by atoms with E-state index in [1.54, 1.807) is 31.2 Å². The van der Waals surface area contributed by atoms with Gasteiger partial charge in [0.2, 0.25) is 11.8 Å². The third-order valence-corrected chi connectivity index (χ3v) is 4.97. The normalized spacial score (nSPS) is 11.8. The van der Waals surface area contributed by atoms with E-state index in [1.807, 2.05) is 4.57 Å². The number of hydrogen-bond acceptors (Lipinski definition) is 6. The molecule has 2 aromatic rings. The average Bonchev–Trinajstić information content (AvgIpc) is 3.01. The number of carbonyl (C=O) groups is 2. The van der Waals surface area contributed by atoms with E-state index in [1.165, 1.54) is 11.8 Å². The Bertz CT molecular complexity index is 887. The Morgan fingerprint density at radius 2 is 2.00 bits per heavy atom. The molecule has 0 bridgehead atoms. The number of hydrogen-bond donors (Lipinski definition) is 2. The number of carbonyl (C=O) groups excluding carboxylic acids is 2. The van der Waals surface area contributed by atoms with Gasteiger partial charge in [-0.05, 0) is 25.0 Å². The number of thioether (sulfide) groups is 1. The van der Waals surface area contributed by atoms with Gasteiger partial charge in [0.05, 0.1) is 16.5 Å². The monoisotopic (exact) mass is 400 g/mol. The summed E-state index contributed by atoms with van der Waals surface area (Å²) in [4.78, 5) is 23.7. The van der Waals surface area contributed by atoms with Gasteiger partial charge in [0.15, 0.2) is 5.16 Å². The third kappa shape index (κ3) is 5.82. The number of aromatic nitrogens is 3. The SMILES string of the molecule is CC(C)Cn1c(CCC(N)=O)nnc1S[C@H](C)C(=O)Nc1ccccc1C#N. The molecule has 3 N–H and O–H groups in total. The van der Waals surface area contributed by atoms with E-state index in [0.717, 1.165) is 0 Å². The lowest BCUT2D eigenvalue weighted by Gasteiger charge is -2.15. The van der Waals surface area contributed by atoms with Gasteiger partial charge in [-0.3, -0.25) is 9.59 Å². The lowest BCUT2D eigenvalue weighted by atomic mass is 10.2. The van der Waals surface area contributed by atoms with Crippen LogP contribution in [-0.4, -0.2) is 31.8 Å². The molecule has 0 spiro atoms. The van der Waals surface area contributed by atoms with Crippen LogP contribution in [0.15, 0.2) is 29.4 Å². The minimum Gasteiger partial charge on any atom is -0.370 e. The highest BCUT2D eigenvalue weighted by Gasteiger charge is 2.21. The van der Waals surface area contributed by atoms with Crippen LogP contribution in [0, 0.1) is 17.2 Å². The number of nitrogens with zero attached hydrogens (tertiary/aromatic N) is 4. The van der Waals surface area contributed by atoms with Crippen molar-refractivity contribution in [2.24, 2.45) is 11.7 Å². The fourth-order valence-corrected chi connectivity index (χ4v) is 3.39. The molecule has 0 radical (unpaired) electrons. The van der Waals surface area contributed by atoms with E-state index in [2.05, 4.69) is 35.4 Å². The molecule has 0 saturated heterocycles. The molecule has 0 aliphatic carbocycles. The Morgan fingerprint density at radius 1 is 1.29 bits per heavy atom. The molecule has 1 atom stereocenters. The van der Waals surface area contributed by atoms with E-state index in [4.69, 9.17) is 11.0 Å². The largest absolute Gasteiger partial charge is 0.370 e. The molecule has 2 rings (SSSR count). The summed E-state index contributed by atoms with van der Waals surface area (Å²) in [7, 11) is 0. The summed E-state index contributed by atoms with van der Waals surface area (Å²) >= 11 is 1.29. The van der Waals surface area contributed by atoms with Gasteiger partial charge in [-0.25, -0.2) is 0 Å². The first-order valence-electron chi connectivity index (χ1n) is 8.98. The van der Waals surface area contributed by atoms with E-state index in [0.29, 0.717) is 41.1 Å². The van der Waals surface area contributed by atoms with Gasteiger partial charge in [-0.15, -0.1) is 10.2 Å². The van der Waals surface area contributed by atoms with Crippen LogP contribution in [0.3, 0.4) is 0 Å². The fourth-order valence-electron chi connectivity index (χ4n) is 2.51. The number of para-hydroxylation sites is 1. The Labute approximate surface area is 168 Å². The summed E-state index contributed by atoms with van der Waals surface area (Å²) in [5.74, 6) is 0.398. The number of primary amides is 1. The summed E-state index contributed by atoms with van der Waals surface area (Å²) in [6.45, 7) is 6.59. The van der Waals surface area contributed by atoms with Crippen LogP contribution in [0.25, 0.3) is 0 Å². The van der Waals surface area contributed by atoms with E-state index < -0.39 is 11.2 Å². The maximum Gasteiger partial charge on any atom is 0.237 e. The maximum atomic E-state index is 12.6. The topological polar surface area (TPSA) is 127 Å². The van der Waals surface area contributed by atoms with Crippen LogP contribution < -0.4 is 11.1 Å². The Morgan fingerprint density at radius 3 is 2.64 bits per heavy atom. The second kappa shape index (κ2) is 9.90. The summed E-state index contributed by atoms with van der Waals surface area (Å²) < 4.78 is 1.94. The average molecular weight is 401 g/mol. The Hall–Kier alpha value is -2.86. The smallest absolute Gasteiger partial charge is 0.237 e. The number of anilines is 1. The molecule has 0 fully saturated rings. The summed E-state index contributed by atoms with van der Waals surface area (Å²) in [5.41, 5.74) is 6.13. The molecule has 8 nitrogen and oxygen atoms in total. The van der Waals surface area contributed by atoms with Crippen LogP contribution >= 0.6 is 11.8 Å². The predicted octanol–water partition coefficient (Wildman–Crippen LogP) is 2.34. The van der Waals surface area contributed by atoms with Crippen molar-refractivity contribution in [3.63, 3.8) is 0 Å². The van der Waals surface area contributed by atoms with Gasteiger partial charge in [0.25, 0.3) is 0 Å². The van der Waals surface area contributed by atoms with Crippen molar-refractivity contribution in [2.75, 3.05) is 5.32 Å².